The van der Waals surface area contributed by atoms with Crippen molar-refractivity contribution in [1.29, 1.82) is 0 Å². The third-order valence-corrected chi connectivity index (χ3v) is 2.53. The number of ether oxygens (including phenoxy) is 2. The largest absolute Gasteiger partial charge is 0.493 e. The Hall–Kier alpha value is -2.37. The number of carbonyl (C=O) groups is 1. The van der Waals surface area contributed by atoms with Crippen molar-refractivity contribution >= 4 is 22.6 Å². The number of nitrogen functional groups attached to an aromatic ring is 1. The van der Waals surface area contributed by atoms with Crippen molar-refractivity contribution in [3.63, 3.8) is 0 Å². The molecule has 0 radical (unpaired) electrons. The summed E-state index contributed by atoms with van der Waals surface area (Å²) in [5, 5.41) is 9.56. The van der Waals surface area contributed by atoms with E-state index >= 15 is 0 Å². The van der Waals surface area contributed by atoms with E-state index in [1.165, 1.54) is 20.3 Å². The SMILES string of the molecule is COc1cc2cc(C(=O)O)[nH]c2c(N)c1OC. The number of rotatable bonds is 3. The van der Waals surface area contributed by atoms with Gasteiger partial charge in [0.05, 0.1) is 19.7 Å². The van der Waals surface area contributed by atoms with Gasteiger partial charge in [-0.2, -0.15) is 0 Å². The molecule has 90 valence electrons. The molecule has 0 spiro atoms. The van der Waals surface area contributed by atoms with E-state index in [2.05, 4.69) is 4.98 Å². The molecular weight excluding hydrogens is 224 g/mol. The molecule has 1 heterocycles. The molecule has 17 heavy (non-hydrogen) atoms. The Kier molecular flexibility index (Phi) is 2.55. The van der Waals surface area contributed by atoms with Crippen molar-refractivity contribution in [1.82, 2.24) is 4.98 Å². The van der Waals surface area contributed by atoms with Crippen LogP contribution in [-0.4, -0.2) is 30.3 Å². The van der Waals surface area contributed by atoms with Gasteiger partial charge in [0, 0.05) is 5.39 Å². The van der Waals surface area contributed by atoms with E-state index in [0.29, 0.717) is 28.1 Å². The van der Waals surface area contributed by atoms with Gasteiger partial charge in [-0.05, 0) is 12.1 Å². The number of nitrogens with two attached hydrogens (primary N) is 1. The second-order valence-corrected chi connectivity index (χ2v) is 3.48. The maximum Gasteiger partial charge on any atom is 0.352 e. The second-order valence-electron chi connectivity index (χ2n) is 3.48. The summed E-state index contributed by atoms with van der Waals surface area (Å²) in [7, 11) is 2.97. The van der Waals surface area contributed by atoms with E-state index in [9.17, 15) is 4.79 Å². The number of aromatic nitrogens is 1. The van der Waals surface area contributed by atoms with Gasteiger partial charge in [-0.25, -0.2) is 4.79 Å². The van der Waals surface area contributed by atoms with Crippen molar-refractivity contribution in [2.45, 2.75) is 0 Å². The Balaban J connectivity index is 2.76. The second kappa shape index (κ2) is 3.89. The summed E-state index contributed by atoms with van der Waals surface area (Å²) in [5.74, 6) is -0.189. The lowest BCUT2D eigenvalue weighted by molar-refractivity contribution is 0.0691. The van der Waals surface area contributed by atoms with Gasteiger partial charge < -0.3 is 25.3 Å². The number of fused-ring (bicyclic) bond motifs is 1. The molecule has 2 aromatic rings. The van der Waals surface area contributed by atoms with Crippen LogP contribution in [0.25, 0.3) is 10.9 Å². The van der Waals surface area contributed by atoms with Gasteiger partial charge in [0.15, 0.2) is 11.5 Å². The number of hydrogen-bond acceptors (Lipinski definition) is 4. The molecule has 0 atom stereocenters. The van der Waals surface area contributed by atoms with E-state index in [1.54, 1.807) is 6.07 Å². The molecule has 2 rings (SSSR count). The predicted molar refractivity (Wildman–Crippen MR) is 62.8 cm³/mol. The first-order valence-corrected chi connectivity index (χ1v) is 4.85. The fourth-order valence-corrected chi connectivity index (χ4v) is 1.74. The van der Waals surface area contributed by atoms with Crippen molar-refractivity contribution < 1.29 is 19.4 Å². The van der Waals surface area contributed by atoms with Crippen LogP contribution in [0.2, 0.25) is 0 Å². The molecule has 0 bridgehead atoms. The number of H-pyrrole nitrogens is 1. The minimum atomic E-state index is -1.04. The lowest BCUT2D eigenvalue weighted by atomic mass is 10.2. The number of methoxy groups -OCH3 is 2. The summed E-state index contributed by atoms with van der Waals surface area (Å²) < 4.78 is 10.3. The highest BCUT2D eigenvalue weighted by atomic mass is 16.5. The minimum absolute atomic E-state index is 0.0713. The summed E-state index contributed by atoms with van der Waals surface area (Å²) in [6.45, 7) is 0. The van der Waals surface area contributed by atoms with Crippen LogP contribution in [0.4, 0.5) is 5.69 Å². The van der Waals surface area contributed by atoms with Gasteiger partial charge in [0.25, 0.3) is 0 Å². The molecule has 0 amide bonds. The average molecular weight is 236 g/mol. The topological polar surface area (TPSA) is 97.6 Å². The van der Waals surface area contributed by atoms with Crippen LogP contribution in [0.15, 0.2) is 12.1 Å². The van der Waals surface area contributed by atoms with Gasteiger partial charge in [-0.1, -0.05) is 0 Å². The predicted octanol–water partition coefficient (Wildman–Crippen LogP) is 1.47. The Morgan fingerprint density at radius 2 is 2.06 bits per heavy atom. The lowest BCUT2D eigenvalue weighted by Crippen LogP contribution is -1.98. The zero-order chi connectivity index (χ0) is 12.6. The van der Waals surface area contributed by atoms with Crippen molar-refractivity contribution in [3.8, 4) is 11.5 Å². The third-order valence-electron chi connectivity index (χ3n) is 2.53. The van der Waals surface area contributed by atoms with Crippen molar-refractivity contribution in [2.24, 2.45) is 0 Å². The monoisotopic (exact) mass is 236 g/mol. The van der Waals surface area contributed by atoms with Crippen molar-refractivity contribution in [2.75, 3.05) is 20.0 Å². The quantitative estimate of drug-likeness (QED) is 0.701. The molecule has 1 aromatic heterocycles. The first-order chi connectivity index (χ1) is 8.08. The Labute approximate surface area is 96.9 Å². The molecule has 6 heteroatoms. The van der Waals surface area contributed by atoms with E-state index < -0.39 is 5.97 Å². The molecule has 0 fully saturated rings. The summed E-state index contributed by atoms with van der Waals surface area (Å²) in [6, 6.07) is 3.17. The molecule has 0 aliphatic carbocycles. The van der Waals surface area contributed by atoms with Gasteiger partial charge in [-0.3, -0.25) is 0 Å². The summed E-state index contributed by atoms with van der Waals surface area (Å²) in [4.78, 5) is 13.6. The maximum atomic E-state index is 10.9. The number of carboxylic acid groups (broad SMARTS) is 1. The third kappa shape index (κ3) is 1.63. The van der Waals surface area contributed by atoms with E-state index in [1.807, 2.05) is 0 Å². The lowest BCUT2D eigenvalue weighted by Gasteiger charge is -2.10. The Morgan fingerprint density at radius 3 is 2.59 bits per heavy atom. The maximum absolute atomic E-state index is 10.9. The zero-order valence-electron chi connectivity index (χ0n) is 9.40. The standard InChI is InChI=1S/C11H12N2O4/c1-16-7-4-5-3-6(11(14)15)13-9(5)8(12)10(7)17-2/h3-4,13H,12H2,1-2H3,(H,14,15). The molecule has 6 nitrogen and oxygen atoms in total. The van der Waals surface area contributed by atoms with Gasteiger partial charge >= 0.3 is 5.97 Å². The number of hydrogen-bond donors (Lipinski definition) is 3. The number of carboxylic acids is 1. The van der Waals surface area contributed by atoms with Crippen LogP contribution in [0, 0.1) is 0 Å². The molecule has 0 saturated heterocycles. The van der Waals surface area contributed by atoms with Crippen molar-refractivity contribution in [3.05, 3.63) is 17.8 Å². The molecule has 4 N–H and O–H groups in total. The zero-order valence-corrected chi connectivity index (χ0v) is 9.40. The smallest absolute Gasteiger partial charge is 0.352 e. The number of benzene rings is 1. The number of nitrogens with one attached hydrogen (secondary N) is 1. The first-order valence-electron chi connectivity index (χ1n) is 4.85. The molecule has 1 aromatic carbocycles. The van der Waals surface area contributed by atoms with Crippen LogP contribution >= 0.6 is 0 Å². The summed E-state index contributed by atoms with van der Waals surface area (Å²) in [5.41, 5.74) is 6.82. The van der Waals surface area contributed by atoms with Gasteiger partial charge in [0.1, 0.15) is 11.4 Å². The van der Waals surface area contributed by atoms with Crippen LogP contribution in [0.1, 0.15) is 10.5 Å². The van der Waals surface area contributed by atoms with Gasteiger partial charge in [0.2, 0.25) is 0 Å². The first kappa shape index (κ1) is 11.1. The fraction of sp³-hybridized carbons (Fsp3) is 0.182. The van der Waals surface area contributed by atoms with E-state index in [0.717, 1.165) is 0 Å². The number of aromatic amines is 1. The highest BCUT2D eigenvalue weighted by Crippen LogP contribution is 2.39. The number of aromatic carboxylic acids is 1. The minimum Gasteiger partial charge on any atom is -0.493 e. The normalized spacial score (nSPS) is 10.5. The van der Waals surface area contributed by atoms with E-state index in [4.69, 9.17) is 20.3 Å². The van der Waals surface area contributed by atoms with E-state index in [-0.39, 0.29) is 5.69 Å². The molecule has 0 saturated carbocycles. The Morgan fingerprint density at radius 1 is 1.35 bits per heavy atom. The summed E-state index contributed by atoms with van der Waals surface area (Å²) >= 11 is 0. The van der Waals surface area contributed by atoms with Crippen LogP contribution in [-0.2, 0) is 0 Å². The highest BCUT2D eigenvalue weighted by Gasteiger charge is 2.16. The average Bonchev–Trinajstić information content (AvgIpc) is 2.73. The highest BCUT2D eigenvalue weighted by molar-refractivity contribution is 6.01. The molecular formula is C11H12N2O4. The molecule has 0 aliphatic rings. The van der Waals surface area contributed by atoms with Crippen LogP contribution < -0.4 is 15.2 Å². The summed E-state index contributed by atoms with van der Waals surface area (Å²) in [6.07, 6.45) is 0. The Bertz CT molecular complexity index is 589. The molecule has 0 unspecified atom stereocenters. The molecule has 0 aliphatic heterocycles. The van der Waals surface area contributed by atoms with Gasteiger partial charge in [-0.15, -0.1) is 0 Å². The van der Waals surface area contributed by atoms with Crippen LogP contribution in [0.5, 0.6) is 11.5 Å². The van der Waals surface area contributed by atoms with Crippen LogP contribution in [0.3, 0.4) is 0 Å². The fourth-order valence-electron chi connectivity index (χ4n) is 1.74. The number of anilines is 1.